The SMILES string of the molecule is CCC[C@H]1CN(CCO)C[C@@H]1NC(=O)c1cnc(C2CC2)nc1. The number of likely N-dealkylation sites (tertiary alicyclic amines) is 1. The monoisotopic (exact) mass is 318 g/mol. The summed E-state index contributed by atoms with van der Waals surface area (Å²) < 4.78 is 0. The highest BCUT2D eigenvalue weighted by atomic mass is 16.3. The summed E-state index contributed by atoms with van der Waals surface area (Å²) >= 11 is 0. The van der Waals surface area contributed by atoms with Gasteiger partial charge < -0.3 is 10.4 Å². The Morgan fingerprint density at radius 2 is 2.09 bits per heavy atom. The minimum Gasteiger partial charge on any atom is -0.395 e. The summed E-state index contributed by atoms with van der Waals surface area (Å²) in [5, 5.41) is 12.3. The van der Waals surface area contributed by atoms with Crippen LogP contribution in [0.2, 0.25) is 0 Å². The van der Waals surface area contributed by atoms with Crippen molar-refractivity contribution in [3.05, 3.63) is 23.8 Å². The summed E-state index contributed by atoms with van der Waals surface area (Å²) in [4.78, 5) is 23.3. The van der Waals surface area contributed by atoms with Crippen LogP contribution in [-0.4, -0.2) is 58.2 Å². The van der Waals surface area contributed by atoms with Crippen molar-refractivity contribution in [3.63, 3.8) is 0 Å². The van der Waals surface area contributed by atoms with E-state index in [1.807, 2.05) is 0 Å². The topological polar surface area (TPSA) is 78.4 Å². The van der Waals surface area contributed by atoms with Crippen LogP contribution in [0.5, 0.6) is 0 Å². The molecule has 1 aromatic rings. The van der Waals surface area contributed by atoms with Crippen molar-refractivity contribution in [1.29, 1.82) is 0 Å². The lowest BCUT2D eigenvalue weighted by molar-refractivity contribution is 0.0928. The zero-order valence-electron chi connectivity index (χ0n) is 13.7. The normalized spacial score (nSPS) is 24.8. The third-order valence-electron chi connectivity index (χ3n) is 4.79. The lowest BCUT2D eigenvalue weighted by Gasteiger charge is -2.19. The minimum atomic E-state index is -0.0932. The molecule has 3 rings (SSSR count). The summed E-state index contributed by atoms with van der Waals surface area (Å²) in [5.74, 6) is 1.72. The van der Waals surface area contributed by atoms with Gasteiger partial charge >= 0.3 is 0 Å². The van der Waals surface area contributed by atoms with Gasteiger partial charge in [0.05, 0.1) is 12.2 Å². The number of nitrogens with zero attached hydrogens (tertiary/aromatic N) is 3. The molecule has 1 saturated heterocycles. The molecule has 1 amide bonds. The van der Waals surface area contributed by atoms with E-state index in [4.69, 9.17) is 5.11 Å². The van der Waals surface area contributed by atoms with E-state index in [2.05, 4.69) is 27.1 Å². The smallest absolute Gasteiger partial charge is 0.254 e. The maximum atomic E-state index is 12.5. The fraction of sp³-hybridized carbons (Fsp3) is 0.706. The average Bonchev–Trinajstić information content (AvgIpc) is 3.33. The molecule has 0 radical (unpaired) electrons. The molecule has 6 heteroatoms. The predicted octanol–water partition coefficient (Wildman–Crippen LogP) is 1.18. The van der Waals surface area contributed by atoms with Gasteiger partial charge in [-0.05, 0) is 25.2 Å². The zero-order chi connectivity index (χ0) is 16.2. The Balaban J connectivity index is 1.60. The number of carbonyl (C=O) groups is 1. The van der Waals surface area contributed by atoms with Crippen molar-refractivity contribution >= 4 is 5.91 Å². The van der Waals surface area contributed by atoms with Crippen LogP contribution in [0.4, 0.5) is 0 Å². The summed E-state index contributed by atoms with van der Waals surface area (Å²) in [6, 6.07) is 0.136. The summed E-state index contributed by atoms with van der Waals surface area (Å²) in [7, 11) is 0. The van der Waals surface area contributed by atoms with Crippen LogP contribution in [0.3, 0.4) is 0 Å². The minimum absolute atomic E-state index is 0.0932. The molecule has 2 atom stereocenters. The number of rotatable bonds is 7. The number of hydrogen-bond donors (Lipinski definition) is 2. The maximum absolute atomic E-state index is 12.5. The van der Waals surface area contributed by atoms with Gasteiger partial charge in [0, 0.05) is 44.0 Å². The third-order valence-corrected chi connectivity index (χ3v) is 4.79. The zero-order valence-corrected chi connectivity index (χ0v) is 13.7. The van der Waals surface area contributed by atoms with Gasteiger partial charge in [-0.1, -0.05) is 13.3 Å². The molecule has 0 aromatic carbocycles. The molecule has 0 bridgehead atoms. The molecular formula is C17H26N4O2. The largest absolute Gasteiger partial charge is 0.395 e. The summed E-state index contributed by atoms with van der Waals surface area (Å²) in [6.07, 6.45) is 7.80. The standard InChI is InChI=1S/C17H26N4O2/c1-2-3-13-10-21(6-7-22)11-15(13)20-17(23)14-8-18-16(19-9-14)12-4-5-12/h8-9,12-13,15,22H,2-7,10-11H2,1H3,(H,20,23)/t13-,15-/m0/s1. The van der Waals surface area contributed by atoms with Gasteiger partial charge in [-0.15, -0.1) is 0 Å². The van der Waals surface area contributed by atoms with Crippen LogP contribution in [0.15, 0.2) is 12.4 Å². The van der Waals surface area contributed by atoms with Crippen LogP contribution < -0.4 is 5.32 Å². The quantitative estimate of drug-likeness (QED) is 0.789. The lowest BCUT2D eigenvalue weighted by Crippen LogP contribution is -2.40. The molecular weight excluding hydrogens is 292 g/mol. The van der Waals surface area contributed by atoms with Crippen LogP contribution in [-0.2, 0) is 0 Å². The highest BCUT2D eigenvalue weighted by Gasteiger charge is 2.33. The number of carbonyl (C=O) groups excluding carboxylic acids is 1. The second-order valence-corrected chi connectivity index (χ2v) is 6.72. The highest BCUT2D eigenvalue weighted by molar-refractivity contribution is 5.93. The molecule has 2 fully saturated rings. The van der Waals surface area contributed by atoms with Crippen LogP contribution >= 0.6 is 0 Å². The van der Waals surface area contributed by atoms with Crippen molar-refractivity contribution in [3.8, 4) is 0 Å². The average molecular weight is 318 g/mol. The number of β-amino-alcohol motifs (C(OH)–C–C–N with tert-alkyl or cyclic N) is 1. The van der Waals surface area contributed by atoms with Gasteiger partial charge in [0.2, 0.25) is 0 Å². The fourth-order valence-electron chi connectivity index (χ4n) is 3.37. The first-order valence-corrected chi connectivity index (χ1v) is 8.67. The van der Waals surface area contributed by atoms with Gasteiger partial charge in [0.15, 0.2) is 0 Å². The number of aliphatic hydroxyl groups is 1. The number of amides is 1. The number of nitrogens with one attached hydrogen (secondary N) is 1. The summed E-state index contributed by atoms with van der Waals surface area (Å²) in [6.45, 7) is 4.74. The Hall–Kier alpha value is -1.53. The molecule has 0 spiro atoms. The van der Waals surface area contributed by atoms with Crippen LogP contribution in [0.25, 0.3) is 0 Å². The first kappa shape index (κ1) is 16.3. The molecule has 1 saturated carbocycles. The molecule has 23 heavy (non-hydrogen) atoms. The molecule has 0 unspecified atom stereocenters. The Bertz CT molecular complexity index is 530. The van der Waals surface area contributed by atoms with Crippen molar-refractivity contribution in [2.75, 3.05) is 26.2 Å². The number of aliphatic hydroxyl groups excluding tert-OH is 1. The molecule has 1 aliphatic carbocycles. The van der Waals surface area contributed by atoms with E-state index in [1.54, 1.807) is 12.4 Å². The first-order valence-electron chi connectivity index (χ1n) is 8.67. The van der Waals surface area contributed by atoms with E-state index in [-0.39, 0.29) is 18.6 Å². The van der Waals surface area contributed by atoms with E-state index >= 15 is 0 Å². The number of aromatic nitrogens is 2. The Morgan fingerprint density at radius 1 is 1.35 bits per heavy atom. The van der Waals surface area contributed by atoms with Crippen molar-refractivity contribution in [2.24, 2.45) is 5.92 Å². The molecule has 126 valence electrons. The van der Waals surface area contributed by atoms with E-state index in [0.717, 1.165) is 44.6 Å². The van der Waals surface area contributed by atoms with Gasteiger partial charge in [-0.25, -0.2) is 9.97 Å². The highest BCUT2D eigenvalue weighted by Crippen LogP contribution is 2.37. The van der Waals surface area contributed by atoms with Gasteiger partial charge in [-0.2, -0.15) is 0 Å². The third kappa shape index (κ3) is 4.06. The van der Waals surface area contributed by atoms with E-state index in [1.165, 1.54) is 0 Å². The van der Waals surface area contributed by atoms with E-state index in [0.29, 0.717) is 23.9 Å². The Morgan fingerprint density at radius 3 is 2.70 bits per heavy atom. The molecule has 2 N–H and O–H groups in total. The van der Waals surface area contributed by atoms with Crippen molar-refractivity contribution in [1.82, 2.24) is 20.2 Å². The molecule has 1 aliphatic heterocycles. The Kier molecular flexibility index (Phi) is 5.23. The van der Waals surface area contributed by atoms with E-state index in [9.17, 15) is 4.79 Å². The predicted molar refractivity (Wildman–Crippen MR) is 87.2 cm³/mol. The molecule has 1 aromatic heterocycles. The Labute approximate surface area is 137 Å². The molecule has 6 nitrogen and oxygen atoms in total. The second kappa shape index (κ2) is 7.36. The van der Waals surface area contributed by atoms with Crippen LogP contribution in [0.1, 0.15) is 54.7 Å². The maximum Gasteiger partial charge on any atom is 0.254 e. The lowest BCUT2D eigenvalue weighted by atomic mass is 9.98. The van der Waals surface area contributed by atoms with Crippen molar-refractivity contribution < 1.29 is 9.90 Å². The summed E-state index contributed by atoms with van der Waals surface area (Å²) in [5.41, 5.74) is 0.533. The van der Waals surface area contributed by atoms with Gasteiger partial charge in [0.25, 0.3) is 5.91 Å². The number of hydrogen-bond acceptors (Lipinski definition) is 5. The first-order chi connectivity index (χ1) is 11.2. The molecule has 2 aliphatic rings. The van der Waals surface area contributed by atoms with E-state index < -0.39 is 0 Å². The fourth-order valence-corrected chi connectivity index (χ4v) is 3.37. The van der Waals surface area contributed by atoms with Crippen molar-refractivity contribution in [2.45, 2.75) is 44.6 Å². The van der Waals surface area contributed by atoms with Gasteiger partial charge in [0.1, 0.15) is 5.82 Å². The second-order valence-electron chi connectivity index (χ2n) is 6.72. The van der Waals surface area contributed by atoms with Gasteiger partial charge in [-0.3, -0.25) is 9.69 Å². The van der Waals surface area contributed by atoms with Crippen LogP contribution in [0, 0.1) is 5.92 Å². The molecule has 2 heterocycles.